The highest BCUT2D eigenvalue weighted by atomic mass is 14.9. The van der Waals surface area contributed by atoms with Gasteiger partial charge in [-0.15, -0.1) is 0 Å². The predicted octanol–water partition coefficient (Wildman–Crippen LogP) is 6.61. The van der Waals surface area contributed by atoms with Crippen molar-refractivity contribution in [2.24, 2.45) is 5.92 Å². The van der Waals surface area contributed by atoms with Gasteiger partial charge in [0, 0.05) is 0 Å². The van der Waals surface area contributed by atoms with Crippen LogP contribution in [0.1, 0.15) is 111 Å². The first-order valence-corrected chi connectivity index (χ1v) is 10.4. The van der Waals surface area contributed by atoms with Gasteiger partial charge in [-0.05, 0) is 25.3 Å². The van der Waals surface area contributed by atoms with E-state index in [4.69, 9.17) is 0 Å². The number of hydrogen-bond donors (Lipinski definition) is 1. The first-order chi connectivity index (χ1) is 11.3. The van der Waals surface area contributed by atoms with E-state index in [1.165, 1.54) is 83.5 Å². The Morgan fingerprint density at radius 1 is 0.739 bits per heavy atom. The molecule has 0 bridgehead atoms. The van der Waals surface area contributed by atoms with Gasteiger partial charge in [0.1, 0.15) is 0 Å². The molecule has 0 radical (unpaired) electrons. The molecule has 0 fully saturated rings. The Kier molecular flexibility index (Phi) is 17.4. The minimum absolute atomic E-state index is 0.0603. The van der Waals surface area contributed by atoms with Crippen molar-refractivity contribution in [1.82, 2.24) is 5.32 Å². The highest BCUT2D eigenvalue weighted by molar-refractivity contribution is 4.94. The minimum Gasteiger partial charge on any atom is -0.302 e. The van der Waals surface area contributed by atoms with Crippen LogP contribution in [-0.4, -0.2) is 12.6 Å². The normalized spacial score (nSPS) is 13.7. The van der Waals surface area contributed by atoms with Crippen molar-refractivity contribution >= 4 is 0 Å². The third-order valence-electron chi connectivity index (χ3n) is 4.96. The van der Waals surface area contributed by atoms with E-state index in [2.05, 4.69) is 32.2 Å². The van der Waals surface area contributed by atoms with Crippen molar-refractivity contribution < 1.29 is 0 Å². The first kappa shape index (κ1) is 22.4. The summed E-state index contributed by atoms with van der Waals surface area (Å²) in [6.45, 7) is 7.73. The van der Waals surface area contributed by atoms with Gasteiger partial charge in [0.05, 0.1) is 12.1 Å². The van der Waals surface area contributed by atoms with E-state index in [1.54, 1.807) is 0 Å². The number of nitrogens with one attached hydrogen (secondary N) is 1. The van der Waals surface area contributed by atoms with Crippen molar-refractivity contribution in [2.75, 3.05) is 6.54 Å². The fourth-order valence-electron chi connectivity index (χ4n) is 3.26. The van der Waals surface area contributed by atoms with Crippen LogP contribution in [0.4, 0.5) is 0 Å². The van der Waals surface area contributed by atoms with Crippen LogP contribution in [0.5, 0.6) is 0 Å². The molecule has 0 amide bonds. The fraction of sp³-hybridized carbons (Fsp3) is 0.952. The van der Waals surface area contributed by atoms with Gasteiger partial charge in [0.15, 0.2) is 0 Å². The van der Waals surface area contributed by atoms with Crippen molar-refractivity contribution in [3.8, 4) is 6.07 Å². The molecule has 0 saturated heterocycles. The van der Waals surface area contributed by atoms with E-state index < -0.39 is 0 Å². The maximum Gasteiger partial charge on any atom is 0.0981 e. The van der Waals surface area contributed by atoms with Crippen molar-refractivity contribution in [3.63, 3.8) is 0 Å². The second kappa shape index (κ2) is 17.8. The number of nitriles is 1. The van der Waals surface area contributed by atoms with Crippen LogP contribution in [-0.2, 0) is 0 Å². The molecule has 0 rings (SSSR count). The van der Waals surface area contributed by atoms with E-state index in [9.17, 15) is 5.26 Å². The molecule has 0 aromatic rings. The summed E-state index contributed by atoms with van der Waals surface area (Å²) < 4.78 is 0. The minimum atomic E-state index is 0.0603. The van der Waals surface area contributed by atoms with E-state index in [0.717, 1.165) is 13.0 Å². The zero-order valence-corrected chi connectivity index (χ0v) is 16.2. The molecule has 23 heavy (non-hydrogen) atoms. The number of unbranched alkanes of at least 4 members (excludes halogenated alkanes) is 10. The lowest BCUT2D eigenvalue weighted by Gasteiger charge is -2.21. The summed E-state index contributed by atoms with van der Waals surface area (Å²) in [5, 5.41) is 12.9. The smallest absolute Gasteiger partial charge is 0.0981 e. The highest BCUT2D eigenvalue weighted by Gasteiger charge is 2.17. The second-order valence-corrected chi connectivity index (χ2v) is 7.05. The molecule has 0 spiro atoms. The maximum absolute atomic E-state index is 9.38. The summed E-state index contributed by atoms with van der Waals surface area (Å²) in [6, 6.07) is 2.55. The molecule has 0 heterocycles. The monoisotopic (exact) mass is 322 g/mol. The number of nitrogens with zero attached hydrogens (tertiary/aromatic N) is 1. The molecule has 2 heteroatoms. The highest BCUT2D eigenvalue weighted by Crippen LogP contribution is 2.17. The van der Waals surface area contributed by atoms with Gasteiger partial charge in [0.25, 0.3) is 0 Å². The van der Waals surface area contributed by atoms with E-state index in [1.807, 2.05) is 0 Å². The van der Waals surface area contributed by atoms with Crippen molar-refractivity contribution in [3.05, 3.63) is 0 Å². The molecule has 0 aromatic heterocycles. The number of hydrogen-bond acceptors (Lipinski definition) is 2. The molecule has 2 atom stereocenters. The van der Waals surface area contributed by atoms with E-state index in [0.29, 0.717) is 5.92 Å². The SMILES string of the molecule is CCCCCCCCCCCCNC(C#N)C(CC)CCCC. The molecule has 2 unspecified atom stereocenters. The maximum atomic E-state index is 9.38. The van der Waals surface area contributed by atoms with Gasteiger partial charge in [-0.1, -0.05) is 97.8 Å². The quantitative estimate of drug-likeness (QED) is 0.306. The third kappa shape index (κ3) is 13.6. The molecule has 0 aliphatic rings. The summed E-state index contributed by atoms with van der Waals surface area (Å²) in [6.07, 6.45) is 18.5. The van der Waals surface area contributed by atoms with Gasteiger partial charge < -0.3 is 5.32 Å². The summed E-state index contributed by atoms with van der Waals surface area (Å²) in [5.41, 5.74) is 0. The standard InChI is InChI=1S/C21H42N2/c1-4-7-9-10-11-12-13-14-15-16-18-23-21(19-22)20(6-3)17-8-5-2/h20-21,23H,4-18H2,1-3H3. The first-order valence-electron chi connectivity index (χ1n) is 10.4. The van der Waals surface area contributed by atoms with Crippen LogP contribution < -0.4 is 5.32 Å². The van der Waals surface area contributed by atoms with Crippen LogP contribution in [0.2, 0.25) is 0 Å². The van der Waals surface area contributed by atoms with Gasteiger partial charge in [-0.25, -0.2) is 0 Å². The molecule has 0 saturated carbocycles. The van der Waals surface area contributed by atoms with Gasteiger partial charge in [0.2, 0.25) is 0 Å². The van der Waals surface area contributed by atoms with Gasteiger partial charge in [-0.2, -0.15) is 5.26 Å². The van der Waals surface area contributed by atoms with Crippen molar-refractivity contribution in [2.45, 2.75) is 117 Å². The van der Waals surface area contributed by atoms with E-state index >= 15 is 0 Å². The molecule has 0 aliphatic carbocycles. The summed E-state index contributed by atoms with van der Waals surface area (Å²) >= 11 is 0. The summed E-state index contributed by atoms with van der Waals surface area (Å²) in [7, 11) is 0. The van der Waals surface area contributed by atoms with Crippen molar-refractivity contribution in [1.29, 1.82) is 5.26 Å². The Hall–Kier alpha value is -0.550. The second-order valence-electron chi connectivity index (χ2n) is 7.05. The lowest BCUT2D eigenvalue weighted by Crippen LogP contribution is -2.35. The molecule has 2 nitrogen and oxygen atoms in total. The average molecular weight is 323 g/mol. The molecular weight excluding hydrogens is 280 g/mol. The van der Waals surface area contributed by atoms with Gasteiger partial charge >= 0.3 is 0 Å². The fourth-order valence-corrected chi connectivity index (χ4v) is 3.26. The Labute approximate surface area is 146 Å². The predicted molar refractivity (Wildman–Crippen MR) is 103 cm³/mol. The van der Waals surface area contributed by atoms with Gasteiger partial charge in [-0.3, -0.25) is 0 Å². The Balaban J connectivity index is 3.52. The lowest BCUT2D eigenvalue weighted by molar-refractivity contribution is 0.364. The van der Waals surface area contributed by atoms with Crippen LogP contribution >= 0.6 is 0 Å². The zero-order valence-electron chi connectivity index (χ0n) is 16.2. The molecule has 136 valence electrons. The Morgan fingerprint density at radius 2 is 1.26 bits per heavy atom. The third-order valence-corrected chi connectivity index (χ3v) is 4.96. The summed E-state index contributed by atoms with van der Waals surface area (Å²) in [4.78, 5) is 0. The Morgan fingerprint density at radius 3 is 1.74 bits per heavy atom. The topological polar surface area (TPSA) is 35.8 Å². The Bertz CT molecular complexity index is 270. The lowest BCUT2D eigenvalue weighted by atomic mass is 9.92. The molecule has 0 aliphatic heterocycles. The zero-order chi connectivity index (χ0) is 17.2. The van der Waals surface area contributed by atoms with Crippen LogP contribution in [0.3, 0.4) is 0 Å². The molecule has 1 N–H and O–H groups in total. The summed E-state index contributed by atoms with van der Waals surface area (Å²) in [5.74, 6) is 0.531. The van der Waals surface area contributed by atoms with Crippen LogP contribution in [0, 0.1) is 17.2 Å². The largest absolute Gasteiger partial charge is 0.302 e. The van der Waals surface area contributed by atoms with E-state index in [-0.39, 0.29) is 6.04 Å². The average Bonchev–Trinajstić information content (AvgIpc) is 2.58. The molecular formula is C21H42N2. The number of rotatable bonds is 17. The van der Waals surface area contributed by atoms with Crippen LogP contribution in [0.25, 0.3) is 0 Å². The molecule has 0 aromatic carbocycles. The van der Waals surface area contributed by atoms with Crippen LogP contribution in [0.15, 0.2) is 0 Å².